The number of amides is 1. The zero-order valence-electron chi connectivity index (χ0n) is 8.90. The smallest absolute Gasteiger partial charge is 0.326 e. The van der Waals surface area contributed by atoms with Crippen LogP contribution in [-0.4, -0.2) is 35.6 Å². The van der Waals surface area contributed by atoms with Crippen LogP contribution in [0.2, 0.25) is 0 Å². The summed E-state index contributed by atoms with van der Waals surface area (Å²) < 4.78 is 0. The van der Waals surface area contributed by atoms with Crippen LogP contribution in [0.4, 0.5) is 0 Å². The third-order valence-corrected chi connectivity index (χ3v) is 1.98. The fourth-order valence-corrected chi connectivity index (χ4v) is 1.05. The Hall–Kier alpha value is -1.14. The maximum atomic E-state index is 11.2. The zero-order valence-corrected chi connectivity index (χ0v) is 8.90. The first-order chi connectivity index (χ1) is 6.99. The van der Waals surface area contributed by atoms with Crippen molar-refractivity contribution in [2.75, 3.05) is 6.54 Å². The van der Waals surface area contributed by atoms with Crippen LogP contribution in [0.1, 0.15) is 26.2 Å². The maximum absolute atomic E-state index is 11.2. The molecule has 15 heavy (non-hydrogen) atoms. The molecule has 2 atom stereocenters. The molecule has 0 spiro atoms. The van der Waals surface area contributed by atoms with Crippen molar-refractivity contribution >= 4 is 11.9 Å². The fraction of sp³-hybridized carbons (Fsp3) is 0.778. The molecule has 0 radical (unpaired) electrons. The van der Waals surface area contributed by atoms with E-state index >= 15 is 0 Å². The van der Waals surface area contributed by atoms with Gasteiger partial charge in [-0.2, -0.15) is 0 Å². The van der Waals surface area contributed by atoms with E-state index in [9.17, 15) is 9.59 Å². The summed E-state index contributed by atoms with van der Waals surface area (Å²) >= 11 is 0. The van der Waals surface area contributed by atoms with Crippen molar-refractivity contribution in [2.24, 2.45) is 11.5 Å². The van der Waals surface area contributed by atoms with Gasteiger partial charge in [0.1, 0.15) is 6.04 Å². The molecule has 0 saturated carbocycles. The van der Waals surface area contributed by atoms with Gasteiger partial charge in [0.25, 0.3) is 0 Å². The molecule has 1 amide bonds. The quantitative estimate of drug-likeness (QED) is 0.409. The van der Waals surface area contributed by atoms with Gasteiger partial charge in [-0.1, -0.05) is 0 Å². The van der Waals surface area contributed by atoms with Gasteiger partial charge < -0.3 is 21.9 Å². The molecule has 6 N–H and O–H groups in total. The number of nitrogens with one attached hydrogen (secondary N) is 1. The molecular weight excluding hydrogens is 198 g/mol. The molecule has 6 heteroatoms. The van der Waals surface area contributed by atoms with Gasteiger partial charge in [-0.25, -0.2) is 4.79 Å². The molecule has 0 aromatic rings. The summed E-state index contributed by atoms with van der Waals surface area (Å²) in [5.74, 6) is -1.49. The zero-order chi connectivity index (χ0) is 11.8. The molecule has 0 aliphatic heterocycles. The lowest BCUT2D eigenvalue weighted by Crippen LogP contribution is -2.47. The van der Waals surface area contributed by atoms with Gasteiger partial charge in [-0.05, 0) is 32.7 Å². The molecule has 0 rings (SSSR count). The second-order valence-electron chi connectivity index (χ2n) is 3.47. The third kappa shape index (κ3) is 6.03. The Morgan fingerprint density at radius 2 is 2.00 bits per heavy atom. The molecule has 0 unspecified atom stereocenters. The van der Waals surface area contributed by atoms with E-state index in [1.807, 2.05) is 0 Å². The number of unbranched alkanes of at least 4 members (excludes halogenated alkanes) is 1. The third-order valence-electron chi connectivity index (χ3n) is 1.98. The van der Waals surface area contributed by atoms with Crippen LogP contribution in [0.3, 0.4) is 0 Å². The molecule has 0 heterocycles. The predicted octanol–water partition coefficient (Wildman–Crippen LogP) is -0.968. The summed E-state index contributed by atoms with van der Waals surface area (Å²) in [6, 6.07) is -1.56. The highest BCUT2D eigenvalue weighted by Gasteiger charge is 2.20. The van der Waals surface area contributed by atoms with E-state index in [-0.39, 0.29) is 0 Å². The Bertz CT molecular complexity index is 219. The first-order valence-corrected chi connectivity index (χ1v) is 4.98. The van der Waals surface area contributed by atoms with Crippen molar-refractivity contribution < 1.29 is 14.7 Å². The number of hydrogen-bond donors (Lipinski definition) is 4. The Morgan fingerprint density at radius 3 is 2.40 bits per heavy atom. The van der Waals surface area contributed by atoms with Gasteiger partial charge in [0.2, 0.25) is 5.91 Å². The summed E-state index contributed by atoms with van der Waals surface area (Å²) in [5, 5.41) is 11.2. The second kappa shape index (κ2) is 7.19. The molecule has 0 saturated heterocycles. The van der Waals surface area contributed by atoms with Crippen molar-refractivity contribution in [3.05, 3.63) is 0 Å². The largest absolute Gasteiger partial charge is 0.480 e. The minimum atomic E-state index is -1.04. The van der Waals surface area contributed by atoms with Gasteiger partial charge in [-0.15, -0.1) is 0 Å². The highest BCUT2D eigenvalue weighted by Crippen LogP contribution is 2.00. The van der Waals surface area contributed by atoms with E-state index in [0.29, 0.717) is 19.4 Å². The van der Waals surface area contributed by atoms with Crippen LogP contribution in [0.5, 0.6) is 0 Å². The summed E-state index contributed by atoms with van der Waals surface area (Å²) in [7, 11) is 0. The first-order valence-electron chi connectivity index (χ1n) is 4.98. The SMILES string of the molecule is C[C@H](N)C(=O)N[C@H](CCCCN)C(=O)O. The second-order valence-corrected chi connectivity index (χ2v) is 3.47. The van der Waals surface area contributed by atoms with Gasteiger partial charge >= 0.3 is 5.97 Å². The Morgan fingerprint density at radius 1 is 1.40 bits per heavy atom. The van der Waals surface area contributed by atoms with Gasteiger partial charge in [0, 0.05) is 0 Å². The van der Waals surface area contributed by atoms with E-state index < -0.39 is 24.0 Å². The highest BCUT2D eigenvalue weighted by atomic mass is 16.4. The normalized spacial score (nSPS) is 14.3. The summed E-state index contributed by atoms with van der Waals surface area (Å²) in [6.07, 6.45) is 1.80. The number of aliphatic carboxylic acids is 1. The van der Waals surface area contributed by atoms with Gasteiger partial charge in [0.05, 0.1) is 6.04 Å². The average molecular weight is 217 g/mol. The minimum Gasteiger partial charge on any atom is -0.480 e. The summed E-state index contributed by atoms with van der Waals surface area (Å²) in [4.78, 5) is 21.9. The van der Waals surface area contributed by atoms with E-state index in [2.05, 4.69) is 5.32 Å². The topological polar surface area (TPSA) is 118 Å². The summed E-state index contributed by atoms with van der Waals surface area (Å²) in [5.41, 5.74) is 10.6. The number of carbonyl (C=O) groups is 2. The Labute approximate surface area is 89.0 Å². The van der Waals surface area contributed by atoms with Crippen molar-refractivity contribution in [2.45, 2.75) is 38.3 Å². The van der Waals surface area contributed by atoms with E-state index in [1.54, 1.807) is 0 Å². The van der Waals surface area contributed by atoms with Crippen molar-refractivity contribution in [1.29, 1.82) is 0 Å². The van der Waals surface area contributed by atoms with E-state index in [0.717, 1.165) is 6.42 Å². The predicted molar refractivity (Wildman–Crippen MR) is 56.1 cm³/mol. The number of carboxylic acids is 1. The van der Waals surface area contributed by atoms with Crippen LogP contribution < -0.4 is 16.8 Å². The number of carbonyl (C=O) groups excluding carboxylic acids is 1. The molecule has 88 valence electrons. The lowest BCUT2D eigenvalue weighted by atomic mass is 10.1. The Kier molecular flexibility index (Phi) is 6.64. The van der Waals surface area contributed by atoms with Crippen molar-refractivity contribution in [1.82, 2.24) is 5.32 Å². The standard InChI is InChI=1S/C9H19N3O3/c1-6(11)8(13)12-7(9(14)15)4-2-3-5-10/h6-7H,2-5,10-11H2,1H3,(H,12,13)(H,14,15)/t6-,7+/m0/s1. The van der Waals surface area contributed by atoms with Crippen LogP contribution in [0.25, 0.3) is 0 Å². The van der Waals surface area contributed by atoms with Gasteiger partial charge in [-0.3, -0.25) is 4.79 Å². The Balaban J connectivity index is 4.05. The molecule has 6 nitrogen and oxygen atoms in total. The molecular formula is C9H19N3O3. The van der Waals surface area contributed by atoms with E-state index in [4.69, 9.17) is 16.6 Å². The molecule has 0 aromatic heterocycles. The number of hydrogen-bond acceptors (Lipinski definition) is 4. The number of nitrogens with two attached hydrogens (primary N) is 2. The average Bonchev–Trinajstić information content (AvgIpc) is 2.15. The lowest BCUT2D eigenvalue weighted by Gasteiger charge is -2.15. The molecule has 0 fully saturated rings. The number of carboxylic acid groups (broad SMARTS) is 1. The molecule has 0 aliphatic rings. The molecule has 0 aromatic carbocycles. The van der Waals surface area contributed by atoms with Crippen LogP contribution in [-0.2, 0) is 9.59 Å². The van der Waals surface area contributed by atoms with Crippen molar-refractivity contribution in [3.8, 4) is 0 Å². The first kappa shape index (κ1) is 13.9. The number of rotatable bonds is 7. The maximum Gasteiger partial charge on any atom is 0.326 e. The monoisotopic (exact) mass is 217 g/mol. The lowest BCUT2D eigenvalue weighted by molar-refractivity contribution is -0.142. The van der Waals surface area contributed by atoms with Crippen molar-refractivity contribution in [3.63, 3.8) is 0 Å². The van der Waals surface area contributed by atoms with Crippen LogP contribution in [0.15, 0.2) is 0 Å². The molecule has 0 bridgehead atoms. The fourth-order valence-electron chi connectivity index (χ4n) is 1.05. The summed E-state index contributed by atoms with van der Waals surface area (Å²) in [6.45, 7) is 2.03. The van der Waals surface area contributed by atoms with Crippen LogP contribution >= 0.6 is 0 Å². The van der Waals surface area contributed by atoms with Gasteiger partial charge in [0.15, 0.2) is 0 Å². The van der Waals surface area contributed by atoms with E-state index in [1.165, 1.54) is 6.92 Å². The van der Waals surface area contributed by atoms with Crippen LogP contribution in [0, 0.1) is 0 Å². The highest BCUT2D eigenvalue weighted by molar-refractivity contribution is 5.86. The molecule has 0 aliphatic carbocycles. The minimum absolute atomic E-state index is 0.380.